The van der Waals surface area contributed by atoms with Crippen LogP contribution in [0.1, 0.15) is 37.2 Å². The maximum Gasteiger partial charge on any atom is 0.123 e. The zero-order valence-electron chi connectivity index (χ0n) is 11.6. The van der Waals surface area contributed by atoms with Crippen molar-refractivity contribution in [3.05, 3.63) is 53.6 Å². The molecule has 0 aliphatic heterocycles. The van der Waals surface area contributed by atoms with Crippen LogP contribution < -0.4 is 5.32 Å². The van der Waals surface area contributed by atoms with E-state index in [0.29, 0.717) is 6.04 Å². The van der Waals surface area contributed by atoms with Crippen LogP contribution in [0.3, 0.4) is 0 Å². The molecule has 3 nitrogen and oxygen atoms in total. The molecule has 1 atom stereocenters. The van der Waals surface area contributed by atoms with E-state index in [4.69, 9.17) is 0 Å². The van der Waals surface area contributed by atoms with E-state index in [2.05, 4.69) is 24.3 Å². The average Bonchev–Trinajstić information content (AvgIpc) is 2.86. The molecule has 2 rings (SSSR count). The molecule has 0 aliphatic rings. The van der Waals surface area contributed by atoms with Gasteiger partial charge in [0.05, 0.1) is 5.69 Å². The van der Waals surface area contributed by atoms with Crippen molar-refractivity contribution in [1.29, 1.82) is 0 Å². The van der Waals surface area contributed by atoms with Gasteiger partial charge in [-0.25, -0.2) is 4.39 Å². The van der Waals surface area contributed by atoms with E-state index >= 15 is 0 Å². The van der Waals surface area contributed by atoms with Gasteiger partial charge >= 0.3 is 0 Å². The smallest absolute Gasteiger partial charge is 0.123 e. The highest BCUT2D eigenvalue weighted by atomic mass is 19.1. The van der Waals surface area contributed by atoms with Crippen LogP contribution in [-0.4, -0.2) is 16.8 Å². The third kappa shape index (κ3) is 3.41. The number of benzene rings is 1. The van der Waals surface area contributed by atoms with Crippen LogP contribution in [0, 0.1) is 5.82 Å². The minimum Gasteiger partial charge on any atom is -0.313 e. The SMILES string of the molecule is CNC(Cc1ccn(C(C)C)n1)c1ccc(F)cc1. The van der Waals surface area contributed by atoms with E-state index in [1.54, 1.807) is 0 Å². The van der Waals surface area contributed by atoms with Crippen molar-refractivity contribution in [2.45, 2.75) is 32.4 Å². The van der Waals surface area contributed by atoms with Gasteiger partial charge in [-0.2, -0.15) is 5.10 Å². The first-order valence-electron chi connectivity index (χ1n) is 6.57. The second-order valence-electron chi connectivity index (χ2n) is 4.98. The van der Waals surface area contributed by atoms with Crippen molar-refractivity contribution in [3.8, 4) is 0 Å². The largest absolute Gasteiger partial charge is 0.313 e. The van der Waals surface area contributed by atoms with E-state index in [0.717, 1.165) is 17.7 Å². The molecule has 1 aromatic carbocycles. The van der Waals surface area contributed by atoms with Crippen LogP contribution >= 0.6 is 0 Å². The first-order chi connectivity index (χ1) is 9.10. The Morgan fingerprint density at radius 2 is 1.89 bits per heavy atom. The summed E-state index contributed by atoms with van der Waals surface area (Å²) < 4.78 is 14.9. The van der Waals surface area contributed by atoms with Gasteiger partial charge in [-0.3, -0.25) is 4.68 Å². The Balaban J connectivity index is 2.12. The maximum atomic E-state index is 12.9. The highest BCUT2D eigenvalue weighted by Gasteiger charge is 2.12. The van der Waals surface area contributed by atoms with Crippen molar-refractivity contribution in [3.63, 3.8) is 0 Å². The molecule has 0 spiro atoms. The lowest BCUT2D eigenvalue weighted by Crippen LogP contribution is -2.19. The molecule has 102 valence electrons. The number of nitrogens with zero attached hydrogens (tertiary/aromatic N) is 2. The monoisotopic (exact) mass is 261 g/mol. The van der Waals surface area contributed by atoms with Crippen molar-refractivity contribution in [1.82, 2.24) is 15.1 Å². The summed E-state index contributed by atoms with van der Waals surface area (Å²) in [6, 6.07) is 9.17. The summed E-state index contributed by atoms with van der Waals surface area (Å²) in [5, 5.41) is 7.80. The second kappa shape index (κ2) is 5.97. The highest BCUT2D eigenvalue weighted by molar-refractivity contribution is 5.21. The molecule has 1 aromatic heterocycles. The fraction of sp³-hybridized carbons (Fsp3) is 0.400. The van der Waals surface area contributed by atoms with Gasteiger partial charge in [0.25, 0.3) is 0 Å². The van der Waals surface area contributed by atoms with E-state index in [1.807, 2.05) is 36.1 Å². The summed E-state index contributed by atoms with van der Waals surface area (Å²) in [5.41, 5.74) is 2.11. The zero-order chi connectivity index (χ0) is 13.8. The fourth-order valence-electron chi connectivity index (χ4n) is 2.06. The Hall–Kier alpha value is -1.68. The molecule has 1 unspecified atom stereocenters. The first-order valence-corrected chi connectivity index (χ1v) is 6.57. The van der Waals surface area contributed by atoms with Crippen molar-refractivity contribution in [2.75, 3.05) is 7.05 Å². The van der Waals surface area contributed by atoms with Crippen LogP contribution in [0.5, 0.6) is 0 Å². The molecule has 2 aromatic rings. The molecule has 0 aliphatic carbocycles. The molecule has 0 saturated carbocycles. The van der Waals surface area contributed by atoms with E-state index in [9.17, 15) is 4.39 Å². The zero-order valence-corrected chi connectivity index (χ0v) is 11.6. The Bertz CT molecular complexity index is 516. The molecule has 0 amide bonds. The molecule has 0 radical (unpaired) electrons. The minimum absolute atomic E-state index is 0.149. The molecule has 1 heterocycles. The average molecular weight is 261 g/mol. The molecular weight excluding hydrogens is 241 g/mol. The Morgan fingerprint density at radius 3 is 2.42 bits per heavy atom. The molecular formula is C15H20FN3. The first kappa shape index (κ1) is 13.7. The Labute approximate surface area is 113 Å². The summed E-state index contributed by atoms with van der Waals surface area (Å²) >= 11 is 0. The number of halogens is 1. The topological polar surface area (TPSA) is 29.9 Å². The standard InChI is InChI=1S/C15H20FN3/c1-11(2)19-9-8-14(18-19)10-15(17-3)12-4-6-13(16)7-5-12/h4-9,11,15,17H,10H2,1-3H3. The quantitative estimate of drug-likeness (QED) is 0.896. The molecule has 0 saturated heterocycles. The normalized spacial score (nSPS) is 12.9. The summed E-state index contributed by atoms with van der Waals surface area (Å²) in [6.45, 7) is 4.21. The summed E-state index contributed by atoms with van der Waals surface area (Å²) in [4.78, 5) is 0. The molecule has 19 heavy (non-hydrogen) atoms. The van der Waals surface area contributed by atoms with E-state index < -0.39 is 0 Å². The summed E-state index contributed by atoms with van der Waals surface area (Å²) in [5.74, 6) is -0.206. The van der Waals surface area contributed by atoms with Crippen LogP contribution in [0.25, 0.3) is 0 Å². The van der Waals surface area contributed by atoms with Gasteiger partial charge in [0.2, 0.25) is 0 Å². The van der Waals surface area contributed by atoms with E-state index in [1.165, 1.54) is 12.1 Å². The van der Waals surface area contributed by atoms with Crippen LogP contribution in [-0.2, 0) is 6.42 Å². The summed E-state index contributed by atoms with van der Waals surface area (Å²) in [6.07, 6.45) is 2.79. The summed E-state index contributed by atoms with van der Waals surface area (Å²) in [7, 11) is 1.91. The van der Waals surface area contributed by atoms with Crippen LogP contribution in [0.2, 0.25) is 0 Å². The fourth-order valence-corrected chi connectivity index (χ4v) is 2.06. The number of likely N-dealkylation sites (N-methyl/N-ethyl adjacent to an activating group) is 1. The lowest BCUT2D eigenvalue weighted by molar-refractivity contribution is 0.514. The lowest BCUT2D eigenvalue weighted by Gasteiger charge is -2.15. The van der Waals surface area contributed by atoms with Crippen molar-refractivity contribution < 1.29 is 4.39 Å². The van der Waals surface area contributed by atoms with Crippen molar-refractivity contribution in [2.24, 2.45) is 0 Å². The highest BCUT2D eigenvalue weighted by Crippen LogP contribution is 2.18. The van der Waals surface area contributed by atoms with Gasteiger partial charge in [-0.15, -0.1) is 0 Å². The van der Waals surface area contributed by atoms with Gasteiger partial charge in [0, 0.05) is 24.7 Å². The minimum atomic E-state index is -0.206. The van der Waals surface area contributed by atoms with Crippen LogP contribution in [0.15, 0.2) is 36.5 Å². The van der Waals surface area contributed by atoms with Crippen LogP contribution in [0.4, 0.5) is 4.39 Å². The molecule has 0 bridgehead atoms. The number of aromatic nitrogens is 2. The predicted octanol–water partition coefficient (Wildman–Crippen LogP) is 3.11. The van der Waals surface area contributed by atoms with Gasteiger partial charge in [0.15, 0.2) is 0 Å². The Morgan fingerprint density at radius 1 is 1.21 bits per heavy atom. The number of rotatable bonds is 5. The molecule has 0 fully saturated rings. The lowest BCUT2D eigenvalue weighted by atomic mass is 10.0. The van der Waals surface area contributed by atoms with E-state index in [-0.39, 0.29) is 11.9 Å². The third-order valence-electron chi connectivity index (χ3n) is 3.23. The van der Waals surface area contributed by atoms with Gasteiger partial charge in [-0.1, -0.05) is 12.1 Å². The molecule has 4 heteroatoms. The second-order valence-corrected chi connectivity index (χ2v) is 4.98. The third-order valence-corrected chi connectivity index (χ3v) is 3.23. The van der Waals surface area contributed by atoms with Crippen molar-refractivity contribution >= 4 is 0 Å². The number of hydrogen-bond acceptors (Lipinski definition) is 2. The Kier molecular flexibility index (Phi) is 4.32. The predicted molar refractivity (Wildman–Crippen MR) is 74.5 cm³/mol. The molecule has 1 N–H and O–H groups in total. The maximum absolute atomic E-state index is 12.9. The number of hydrogen-bond donors (Lipinski definition) is 1. The van der Waals surface area contributed by atoms with Gasteiger partial charge < -0.3 is 5.32 Å². The van der Waals surface area contributed by atoms with Gasteiger partial charge in [0.1, 0.15) is 5.82 Å². The number of nitrogens with one attached hydrogen (secondary N) is 1. The van der Waals surface area contributed by atoms with Gasteiger partial charge in [-0.05, 0) is 44.7 Å².